The molecule has 1 saturated heterocycles. The first kappa shape index (κ1) is 17.7. The number of likely N-dealkylation sites (tertiary alicyclic amines) is 1. The second kappa shape index (κ2) is 6.82. The second-order valence-corrected chi connectivity index (χ2v) is 6.60. The molecule has 1 unspecified atom stereocenters. The van der Waals surface area contributed by atoms with Crippen LogP contribution in [0.25, 0.3) is 5.65 Å². The van der Waals surface area contributed by atoms with E-state index in [0.29, 0.717) is 30.4 Å². The van der Waals surface area contributed by atoms with Crippen molar-refractivity contribution in [3.63, 3.8) is 0 Å². The van der Waals surface area contributed by atoms with Gasteiger partial charge in [-0.25, -0.2) is 4.52 Å². The highest BCUT2D eigenvalue weighted by Gasteiger charge is 2.30. The number of aromatic nitrogens is 3. The van der Waals surface area contributed by atoms with Crippen LogP contribution in [0.3, 0.4) is 0 Å². The number of pyridine rings is 1. The summed E-state index contributed by atoms with van der Waals surface area (Å²) < 4.78 is 39.7. The van der Waals surface area contributed by atoms with Crippen molar-refractivity contribution in [1.29, 1.82) is 0 Å². The number of rotatable bonds is 4. The summed E-state index contributed by atoms with van der Waals surface area (Å²) in [5.74, 6) is 0.309. The van der Waals surface area contributed by atoms with Crippen LogP contribution in [0.4, 0.5) is 24.8 Å². The van der Waals surface area contributed by atoms with E-state index in [1.807, 2.05) is 18.2 Å². The van der Waals surface area contributed by atoms with E-state index in [-0.39, 0.29) is 6.10 Å². The third-order valence-corrected chi connectivity index (χ3v) is 4.54. The zero-order valence-electron chi connectivity index (χ0n) is 14.3. The summed E-state index contributed by atoms with van der Waals surface area (Å²) in [6.07, 6.45) is -3.90. The van der Waals surface area contributed by atoms with Crippen molar-refractivity contribution in [2.75, 3.05) is 18.4 Å². The number of nitrogens with one attached hydrogen (secondary N) is 1. The van der Waals surface area contributed by atoms with Gasteiger partial charge in [0.1, 0.15) is 0 Å². The zero-order valence-corrected chi connectivity index (χ0v) is 14.3. The first-order chi connectivity index (χ1) is 12.9. The average molecular weight is 377 g/mol. The van der Waals surface area contributed by atoms with E-state index in [1.165, 1.54) is 12.1 Å². The predicted octanol–water partition coefficient (Wildman–Crippen LogP) is 3.06. The Kier molecular flexibility index (Phi) is 4.48. The fourth-order valence-corrected chi connectivity index (χ4v) is 3.19. The zero-order chi connectivity index (χ0) is 19.0. The normalized spacial score (nSPS) is 18.3. The summed E-state index contributed by atoms with van der Waals surface area (Å²) in [6, 6.07) is 10.4. The van der Waals surface area contributed by atoms with Crippen molar-refractivity contribution in [2.24, 2.45) is 0 Å². The van der Waals surface area contributed by atoms with Crippen molar-refractivity contribution in [2.45, 2.75) is 25.2 Å². The molecule has 1 aliphatic heterocycles. The lowest BCUT2D eigenvalue weighted by Gasteiger charge is -2.15. The summed E-state index contributed by atoms with van der Waals surface area (Å²) in [5.41, 5.74) is 1.34. The minimum Gasteiger partial charge on any atom is -0.392 e. The lowest BCUT2D eigenvalue weighted by atomic mass is 10.2. The SMILES string of the molecule is OC1CCN(Cc2cccc3nc(Nc4ccc(C(F)(F)F)cc4)nn23)C1. The third kappa shape index (κ3) is 3.88. The number of nitrogens with zero attached hydrogens (tertiary/aromatic N) is 4. The summed E-state index contributed by atoms with van der Waals surface area (Å²) >= 11 is 0. The highest BCUT2D eigenvalue weighted by atomic mass is 19.4. The molecule has 0 radical (unpaired) electrons. The Morgan fingerprint density at radius 1 is 1.15 bits per heavy atom. The molecule has 3 heterocycles. The molecule has 1 fully saturated rings. The maximum Gasteiger partial charge on any atom is 0.416 e. The van der Waals surface area contributed by atoms with Gasteiger partial charge in [0, 0.05) is 25.3 Å². The molecule has 0 amide bonds. The van der Waals surface area contributed by atoms with Crippen LogP contribution in [-0.2, 0) is 12.7 Å². The van der Waals surface area contributed by atoms with Gasteiger partial charge in [0.25, 0.3) is 0 Å². The summed E-state index contributed by atoms with van der Waals surface area (Å²) in [7, 11) is 0. The van der Waals surface area contributed by atoms with Crippen LogP contribution >= 0.6 is 0 Å². The maximum atomic E-state index is 12.7. The van der Waals surface area contributed by atoms with Crippen molar-refractivity contribution < 1.29 is 18.3 Å². The maximum absolute atomic E-state index is 12.7. The Morgan fingerprint density at radius 3 is 2.59 bits per heavy atom. The van der Waals surface area contributed by atoms with E-state index in [0.717, 1.165) is 30.8 Å². The minimum absolute atomic E-state index is 0.295. The Labute approximate surface area is 153 Å². The van der Waals surface area contributed by atoms with Crippen LogP contribution in [0.2, 0.25) is 0 Å². The van der Waals surface area contributed by atoms with Crippen molar-refractivity contribution in [3.05, 3.63) is 53.7 Å². The topological polar surface area (TPSA) is 65.7 Å². The molecule has 2 aromatic heterocycles. The average Bonchev–Trinajstić information content (AvgIpc) is 3.21. The summed E-state index contributed by atoms with van der Waals surface area (Å²) in [5, 5.41) is 17.0. The number of benzene rings is 1. The van der Waals surface area contributed by atoms with Gasteiger partial charge in [-0.3, -0.25) is 4.90 Å². The molecule has 6 nitrogen and oxygen atoms in total. The standard InChI is InChI=1S/C18H18F3N5O/c19-18(20,21)12-4-6-13(7-5-12)22-17-23-16-3-1-2-14(26(16)24-17)10-25-9-8-15(27)11-25/h1-7,15,27H,8-11H2,(H,22,24). The van der Waals surface area contributed by atoms with E-state index in [1.54, 1.807) is 4.52 Å². The number of anilines is 2. The van der Waals surface area contributed by atoms with Gasteiger partial charge < -0.3 is 10.4 Å². The lowest BCUT2D eigenvalue weighted by molar-refractivity contribution is -0.137. The largest absolute Gasteiger partial charge is 0.416 e. The van der Waals surface area contributed by atoms with Gasteiger partial charge in [0.15, 0.2) is 5.65 Å². The van der Waals surface area contributed by atoms with Gasteiger partial charge in [-0.2, -0.15) is 18.2 Å². The number of halogens is 3. The van der Waals surface area contributed by atoms with Crippen molar-refractivity contribution in [1.82, 2.24) is 19.5 Å². The molecule has 142 valence electrons. The van der Waals surface area contributed by atoms with Gasteiger partial charge >= 0.3 is 6.18 Å². The van der Waals surface area contributed by atoms with Crippen molar-refractivity contribution in [3.8, 4) is 0 Å². The molecule has 1 atom stereocenters. The van der Waals surface area contributed by atoms with Gasteiger partial charge in [-0.05, 0) is 42.8 Å². The number of hydrogen-bond acceptors (Lipinski definition) is 5. The molecule has 0 spiro atoms. The van der Waals surface area contributed by atoms with E-state index in [2.05, 4.69) is 20.3 Å². The smallest absolute Gasteiger partial charge is 0.392 e. The number of aliphatic hydroxyl groups excluding tert-OH is 1. The van der Waals surface area contributed by atoms with E-state index >= 15 is 0 Å². The molecule has 2 N–H and O–H groups in total. The van der Waals surface area contributed by atoms with E-state index in [4.69, 9.17) is 0 Å². The number of hydrogen-bond donors (Lipinski definition) is 2. The monoisotopic (exact) mass is 377 g/mol. The molecule has 9 heteroatoms. The molecule has 27 heavy (non-hydrogen) atoms. The summed E-state index contributed by atoms with van der Waals surface area (Å²) in [6.45, 7) is 2.09. The number of aliphatic hydroxyl groups is 1. The molecule has 1 aromatic carbocycles. The van der Waals surface area contributed by atoms with E-state index in [9.17, 15) is 18.3 Å². The Morgan fingerprint density at radius 2 is 1.93 bits per heavy atom. The van der Waals surface area contributed by atoms with Gasteiger partial charge in [-0.1, -0.05) is 6.07 Å². The molecule has 1 aliphatic rings. The van der Waals surface area contributed by atoms with Crippen LogP contribution in [0.5, 0.6) is 0 Å². The molecule has 4 rings (SSSR count). The highest BCUT2D eigenvalue weighted by molar-refractivity contribution is 5.56. The molecule has 0 bridgehead atoms. The summed E-state index contributed by atoms with van der Waals surface area (Å²) in [4.78, 5) is 6.52. The van der Waals surface area contributed by atoms with E-state index < -0.39 is 11.7 Å². The van der Waals surface area contributed by atoms with Crippen molar-refractivity contribution >= 4 is 17.3 Å². The fraction of sp³-hybridized carbons (Fsp3) is 0.333. The minimum atomic E-state index is -4.36. The molecular weight excluding hydrogens is 359 g/mol. The van der Waals surface area contributed by atoms with Gasteiger partial charge in [0.2, 0.25) is 5.95 Å². The number of fused-ring (bicyclic) bond motifs is 1. The molecule has 0 aliphatic carbocycles. The van der Waals surface area contributed by atoms with Crippen LogP contribution in [0, 0.1) is 0 Å². The fourth-order valence-electron chi connectivity index (χ4n) is 3.19. The second-order valence-electron chi connectivity index (χ2n) is 6.60. The highest BCUT2D eigenvalue weighted by Crippen LogP contribution is 2.30. The lowest BCUT2D eigenvalue weighted by Crippen LogP contribution is -2.22. The third-order valence-electron chi connectivity index (χ3n) is 4.54. The predicted molar refractivity (Wildman–Crippen MR) is 93.6 cm³/mol. The number of alkyl halides is 3. The molecule has 0 saturated carbocycles. The first-order valence-electron chi connectivity index (χ1n) is 8.58. The van der Waals surface area contributed by atoms with Gasteiger partial charge in [-0.15, -0.1) is 5.10 Å². The van der Waals surface area contributed by atoms with Gasteiger partial charge in [0.05, 0.1) is 17.4 Å². The van der Waals surface area contributed by atoms with Crippen LogP contribution in [0.15, 0.2) is 42.5 Å². The van der Waals surface area contributed by atoms with Crippen LogP contribution in [-0.4, -0.2) is 43.8 Å². The van der Waals surface area contributed by atoms with Crippen LogP contribution < -0.4 is 5.32 Å². The number of β-amino-alcohol motifs (C(OH)–C–C–N with tert-alkyl or cyclic N) is 1. The molecular formula is C18H18F3N5O. The quantitative estimate of drug-likeness (QED) is 0.732. The molecule has 3 aromatic rings. The first-order valence-corrected chi connectivity index (χ1v) is 8.58. The Bertz CT molecular complexity index is 938. The Balaban J connectivity index is 1.54. The van der Waals surface area contributed by atoms with Crippen LogP contribution in [0.1, 0.15) is 17.7 Å². The Hall–Kier alpha value is -2.65.